The van der Waals surface area contributed by atoms with Crippen LogP contribution in [0, 0.1) is 0 Å². The number of methoxy groups -OCH3 is 1. The van der Waals surface area contributed by atoms with E-state index >= 15 is 0 Å². The number of anilines is 1. The topological polar surface area (TPSA) is 89.6 Å². The summed E-state index contributed by atoms with van der Waals surface area (Å²) in [4.78, 5) is 20.7. The summed E-state index contributed by atoms with van der Waals surface area (Å²) in [6, 6.07) is 10.4. The van der Waals surface area contributed by atoms with Crippen molar-refractivity contribution in [3.8, 4) is 5.88 Å². The van der Waals surface area contributed by atoms with E-state index in [1.54, 1.807) is 30.3 Å². The predicted molar refractivity (Wildman–Crippen MR) is 99.2 cm³/mol. The molecule has 0 radical (unpaired) electrons. The second-order valence-electron chi connectivity index (χ2n) is 4.89. The molecule has 0 atom stereocenters. The van der Waals surface area contributed by atoms with Gasteiger partial charge in [-0.25, -0.2) is 9.98 Å². The molecule has 0 aliphatic rings. The first-order chi connectivity index (χ1) is 11.6. The van der Waals surface area contributed by atoms with Crippen molar-refractivity contribution in [2.24, 2.45) is 10.7 Å². The highest BCUT2D eigenvalue weighted by Crippen LogP contribution is 2.18. The van der Waals surface area contributed by atoms with Gasteiger partial charge in [0.05, 0.1) is 24.7 Å². The quantitative estimate of drug-likeness (QED) is 0.619. The molecule has 0 unspecified atom stereocenters. The highest BCUT2D eigenvalue weighted by molar-refractivity contribution is 8.13. The molecule has 3 N–H and O–H groups in total. The molecule has 1 aromatic heterocycles. The van der Waals surface area contributed by atoms with E-state index in [1.807, 2.05) is 6.07 Å². The summed E-state index contributed by atoms with van der Waals surface area (Å²) in [7, 11) is 1.54. The number of thioether (sulfide) groups is 1. The van der Waals surface area contributed by atoms with Gasteiger partial charge in [0.15, 0.2) is 5.17 Å². The van der Waals surface area contributed by atoms with Gasteiger partial charge >= 0.3 is 0 Å². The molecule has 0 saturated carbocycles. The van der Waals surface area contributed by atoms with Crippen molar-refractivity contribution in [2.75, 3.05) is 18.2 Å². The molecule has 1 amide bonds. The van der Waals surface area contributed by atoms with Crippen LogP contribution in [0.25, 0.3) is 0 Å². The first-order valence-corrected chi connectivity index (χ1v) is 8.49. The number of nitrogens with zero attached hydrogens (tertiary/aromatic N) is 2. The summed E-state index contributed by atoms with van der Waals surface area (Å²) < 4.78 is 4.99. The van der Waals surface area contributed by atoms with Crippen LogP contribution in [0.2, 0.25) is 0 Å². The van der Waals surface area contributed by atoms with Crippen molar-refractivity contribution in [1.82, 2.24) is 4.98 Å². The highest BCUT2D eigenvalue weighted by atomic mass is 32.2. The Hall–Kier alpha value is -2.54. The van der Waals surface area contributed by atoms with Crippen LogP contribution in [-0.4, -0.2) is 28.9 Å². The summed E-state index contributed by atoms with van der Waals surface area (Å²) in [6.07, 6.45) is 2.57. The Kier molecular flexibility index (Phi) is 6.62. The number of nitrogens with two attached hydrogens (primary N) is 1. The molecule has 0 spiro atoms. The minimum absolute atomic E-state index is 0.237. The maximum Gasteiger partial charge on any atom is 0.255 e. The standard InChI is InChI=1S/C17H20N4O2S/c1-3-9-24-17(18)21-13-6-4-5-12(10-13)16(22)20-14-7-8-15(23-2)19-11-14/h4-8,10-11H,3,9H2,1-2H3,(H2,18,21)(H,20,22). The van der Waals surface area contributed by atoms with E-state index in [0.717, 1.165) is 12.2 Å². The van der Waals surface area contributed by atoms with Gasteiger partial charge in [-0.2, -0.15) is 0 Å². The molecule has 0 saturated heterocycles. The number of hydrogen-bond acceptors (Lipinski definition) is 5. The molecule has 0 aliphatic heterocycles. The van der Waals surface area contributed by atoms with E-state index in [-0.39, 0.29) is 5.91 Å². The van der Waals surface area contributed by atoms with Crippen LogP contribution in [0.4, 0.5) is 11.4 Å². The number of amidine groups is 1. The van der Waals surface area contributed by atoms with Gasteiger partial charge in [0.2, 0.25) is 5.88 Å². The lowest BCUT2D eigenvalue weighted by atomic mass is 10.2. The Balaban J connectivity index is 2.07. The molecule has 6 nitrogen and oxygen atoms in total. The SMILES string of the molecule is CCCSC(N)=Nc1cccc(C(=O)Nc2ccc(OC)nc2)c1. The molecular formula is C17H20N4O2S. The molecule has 0 aliphatic carbocycles. The largest absolute Gasteiger partial charge is 0.481 e. The van der Waals surface area contributed by atoms with Crippen molar-refractivity contribution in [1.29, 1.82) is 0 Å². The molecule has 1 heterocycles. The number of amides is 1. The van der Waals surface area contributed by atoms with E-state index in [4.69, 9.17) is 10.5 Å². The molecule has 24 heavy (non-hydrogen) atoms. The van der Waals surface area contributed by atoms with Crippen LogP contribution >= 0.6 is 11.8 Å². The Morgan fingerprint density at radius 3 is 2.88 bits per heavy atom. The third-order valence-electron chi connectivity index (χ3n) is 3.01. The Bertz CT molecular complexity index is 717. The van der Waals surface area contributed by atoms with E-state index in [1.165, 1.54) is 25.1 Å². The van der Waals surface area contributed by atoms with Crippen molar-refractivity contribution in [3.63, 3.8) is 0 Å². The first-order valence-electron chi connectivity index (χ1n) is 7.50. The normalized spacial score (nSPS) is 11.2. The lowest BCUT2D eigenvalue weighted by molar-refractivity contribution is 0.102. The van der Waals surface area contributed by atoms with E-state index in [2.05, 4.69) is 22.2 Å². The zero-order chi connectivity index (χ0) is 17.4. The summed E-state index contributed by atoms with van der Waals surface area (Å²) >= 11 is 1.50. The molecule has 0 fully saturated rings. The number of ether oxygens (including phenoxy) is 1. The van der Waals surface area contributed by atoms with Gasteiger partial charge in [-0.15, -0.1) is 0 Å². The number of nitrogens with one attached hydrogen (secondary N) is 1. The summed E-state index contributed by atoms with van der Waals surface area (Å²) in [5.74, 6) is 1.17. The molecule has 1 aromatic carbocycles. The number of pyridine rings is 1. The first kappa shape index (κ1) is 17.8. The second-order valence-corrected chi connectivity index (χ2v) is 6.01. The molecule has 2 rings (SSSR count). The van der Waals surface area contributed by atoms with Crippen LogP contribution in [0.3, 0.4) is 0 Å². The Labute approximate surface area is 145 Å². The third-order valence-corrected chi connectivity index (χ3v) is 4.00. The van der Waals surface area contributed by atoms with Crippen molar-refractivity contribution >= 4 is 34.2 Å². The number of benzene rings is 1. The van der Waals surface area contributed by atoms with E-state index in [0.29, 0.717) is 28.0 Å². The van der Waals surface area contributed by atoms with Gasteiger partial charge in [-0.05, 0) is 30.7 Å². The highest BCUT2D eigenvalue weighted by Gasteiger charge is 2.07. The molecule has 0 bridgehead atoms. The second kappa shape index (κ2) is 8.93. The lowest BCUT2D eigenvalue weighted by Gasteiger charge is -2.06. The Morgan fingerprint density at radius 2 is 2.21 bits per heavy atom. The van der Waals surface area contributed by atoms with Crippen LogP contribution in [-0.2, 0) is 0 Å². The summed E-state index contributed by atoms with van der Waals surface area (Å²) in [5, 5.41) is 3.28. The fourth-order valence-electron chi connectivity index (χ4n) is 1.86. The van der Waals surface area contributed by atoms with Gasteiger partial charge in [0.25, 0.3) is 5.91 Å². The molecule has 126 valence electrons. The van der Waals surface area contributed by atoms with E-state index < -0.39 is 0 Å². The molecular weight excluding hydrogens is 324 g/mol. The number of aromatic nitrogens is 1. The van der Waals surface area contributed by atoms with Gasteiger partial charge in [-0.3, -0.25) is 4.79 Å². The fourth-order valence-corrected chi connectivity index (χ4v) is 2.44. The zero-order valence-electron chi connectivity index (χ0n) is 13.7. The van der Waals surface area contributed by atoms with Crippen molar-refractivity contribution in [3.05, 3.63) is 48.2 Å². The number of rotatable bonds is 6. The van der Waals surface area contributed by atoms with E-state index in [9.17, 15) is 4.79 Å². The number of carbonyl (C=O) groups excluding carboxylic acids is 1. The molecule has 7 heteroatoms. The van der Waals surface area contributed by atoms with Gasteiger partial charge in [0.1, 0.15) is 0 Å². The van der Waals surface area contributed by atoms with Crippen LogP contribution in [0.15, 0.2) is 47.6 Å². The van der Waals surface area contributed by atoms with Crippen LogP contribution in [0.5, 0.6) is 5.88 Å². The molecule has 2 aromatic rings. The summed E-state index contributed by atoms with van der Waals surface area (Å²) in [6.45, 7) is 2.08. The zero-order valence-corrected chi connectivity index (χ0v) is 14.5. The minimum atomic E-state index is -0.237. The maximum absolute atomic E-state index is 12.3. The average Bonchev–Trinajstić information content (AvgIpc) is 2.61. The van der Waals surface area contributed by atoms with Crippen LogP contribution in [0.1, 0.15) is 23.7 Å². The fraction of sp³-hybridized carbons (Fsp3) is 0.235. The van der Waals surface area contributed by atoms with Crippen LogP contribution < -0.4 is 15.8 Å². The van der Waals surface area contributed by atoms with Crippen molar-refractivity contribution in [2.45, 2.75) is 13.3 Å². The average molecular weight is 344 g/mol. The maximum atomic E-state index is 12.3. The smallest absolute Gasteiger partial charge is 0.255 e. The third kappa shape index (κ3) is 5.27. The lowest BCUT2D eigenvalue weighted by Crippen LogP contribution is -2.12. The predicted octanol–water partition coefficient (Wildman–Crippen LogP) is 3.43. The minimum Gasteiger partial charge on any atom is -0.481 e. The van der Waals surface area contributed by atoms with Crippen molar-refractivity contribution < 1.29 is 9.53 Å². The van der Waals surface area contributed by atoms with Gasteiger partial charge in [-0.1, -0.05) is 24.8 Å². The Morgan fingerprint density at radius 1 is 1.38 bits per heavy atom. The van der Waals surface area contributed by atoms with Gasteiger partial charge < -0.3 is 15.8 Å². The monoisotopic (exact) mass is 344 g/mol. The van der Waals surface area contributed by atoms with Gasteiger partial charge in [0, 0.05) is 17.4 Å². The number of aliphatic imine (C=N–C) groups is 1. The number of hydrogen-bond donors (Lipinski definition) is 2. The summed E-state index contributed by atoms with van der Waals surface area (Å²) in [5.41, 5.74) is 7.60. The number of carbonyl (C=O) groups is 1.